The number of rotatable bonds is 7. The number of amides is 2. The Morgan fingerprint density at radius 3 is 2.40 bits per heavy atom. The van der Waals surface area contributed by atoms with Gasteiger partial charge in [-0.3, -0.25) is 14.4 Å². The van der Waals surface area contributed by atoms with Crippen molar-refractivity contribution < 1.29 is 23.5 Å². The van der Waals surface area contributed by atoms with Gasteiger partial charge in [-0.15, -0.1) is 11.3 Å². The SMILES string of the molecule is COCC(=O)N1C(C(=O)N2CCNCC2)C(c2sccc2C)C(C(=O)c2ccc(C)o2)C1c1ccc(C#N)cc1. The van der Waals surface area contributed by atoms with Crippen LogP contribution >= 0.6 is 11.3 Å². The Labute approximate surface area is 237 Å². The molecule has 3 aromatic rings. The molecule has 208 valence electrons. The first-order valence-corrected chi connectivity index (χ1v) is 14.2. The van der Waals surface area contributed by atoms with Crippen LogP contribution in [0.1, 0.15) is 49.8 Å². The number of nitrogens with zero attached hydrogens (tertiary/aromatic N) is 3. The normalized spacial score (nSPS) is 22.8. The van der Waals surface area contributed by atoms with Crippen LogP contribution in [0.5, 0.6) is 0 Å². The fourth-order valence-corrected chi connectivity index (χ4v) is 7.06. The second-order valence-electron chi connectivity index (χ2n) is 10.2. The number of nitriles is 1. The predicted molar refractivity (Wildman–Crippen MR) is 149 cm³/mol. The van der Waals surface area contributed by atoms with E-state index in [-0.39, 0.29) is 30.0 Å². The highest BCUT2D eigenvalue weighted by atomic mass is 32.1. The zero-order valence-corrected chi connectivity index (χ0v) is 23.6. The number of nitrogens with one attached hydrogen (secondary N) is 1. The number of thiophene rings is 1. The number of methoxy groups -OCH3 is 1. The van der Waals surface area contributed by atoms with Gasteiger partial charge in [0.25, 0.3) is 0 Å². The summed E-state index contributed by atoms with van der Waals surface area (Å²) in [6, 6.07) is 12.6. The van der Waals surface area contributed by atoms with E-state index < -0.39 is 23.9 Å². The first-order chi connectivity index (χ1) is 19.3. The first-order valence-electron chi connectivity index (χ1n) is 13.3. The van der Waals surface area contributed by atoms with Crippen molar-refractivity contribution >= 4 is 28.9 Å². The summed E-state index contributed by atoms with van der Waals surface area (Å²) < 4.78 is 11.1. The molecule has 0 spiro atoms. The van der Waals surface area contributed by atoms with Crippen LogP contribution in [0.25, 0.3) is 0 Å². The summed E-state index contributed by atoms with van der Waals surface area (Å²) in [5, 5.41) is 14.6. The van der Waals surface area contributed by atoms with E-state index in [1.165, 1.54) is 18.4 Å². The number of carbonyl (C=O) groups is 3. The van der Waals surface area contributed by atoms with Gasteiger partial charge in [0.2, 0.25) is 17.6 Å². The van der Waals surface area contributed by atoms with Gasteiger partial charge in [-0.25, -0.2) is 0 Å². The minimum absolute atomic E-state index is 0.187. The summed E-state index contributed by atoms with van der Waals surface area (Å²) >= 11 is 1.49. The number of benzene rings is 1. The quantitative estimate of drug-likeness (QED) is 0.440. The van der Waals surface area contributed by atoms with Crippen molar-refractivity contribution in [1.29, 1.82) is 5.26 Å². The molecule has 4 heterocycles. The standard InChI is InChI=1S/C30H32N4O5S/c1-18-10-15-40-29(18)25-24(28(36)22-9-4-19(2)39-22)26(21-7-5-20(16-31)6-8-21)34(23(35)17-38-3)27(25)30(37)33-13-11-32-12-14-33/h4-10,15,24-27,32H,11-14,17H2,1-3H3. The summed E-state index contributed by atoms with van der Waals surface area (Å²) in [4.78, 5) is 47.0. The van der Waals surface area contributed by atoms with Crippen LogP contribution < -0.4 is 5.32 Å². The zero-order valence-electron chi connectivity index (χ0n) is 22.8. The smallest absolute Gasteiger partial charge is 0.249 e. The molecule has 5 rings (SSSR count). The highest BCUT2D eigenvalue weighted by molar-refractivity contribution is 7.10. The van der Waals surface area contributed by atoms with Gasteiger partial charge in [0, 0.05) is 44.1 Å². The molecule has 2 aliphatic heterocycles. The molecule has 2 aliphatic rings. The topological polar surface area (TPSA) is 116 Å². The Morgan fingerprint density at radius 1 is 1.10 bits per heavy atom. The Bertz CT molecular complexity index is 1430. The summed E-state index contributed by atoms with van der Waals surface area (Å²) in [5.74, 6) is -1.47. The first kappa shape index (κ1) is 27.8. The second-order valence-corrected chi connectivity index (χ2v) is 11.2. The average Bonchev–Trinajstić information content (AvgIpc) is 3.69. The van der Waals surface area contributed by atoms with Crippen LogP contribution in [-0.2, 0) is 14.3 Å². The maximum Gasteiger partial charge on any atom is 0.249 e. The number of ether oxygens (including phenoxy) is 1. The van der Waals surface area contributed by atoms with Gasteiger partial charge < -0.3 is 24.3 Å². The zero-order chi connectivity index (χ0) is 28.4. The molecule has 2 fully saturated rings. The molecule has 2 aromatic heterocycles. The molecule has 2 amide bonds. The fraction of sp³-hybridized carbons (Fsp3) is 0.400. The van der Waals surface area contributed by atoms with Crippen LogP contribution in [0.15, 0.2) is 52.3 Å². The molecule has 4 unspecified atom stereocenters. The van der Waals surface area contributed by atoms with Crippen molar-refractivity contribution in [1.82, 2.24) is 15.1 Å². The highest BCUT2D eigenvalue weighted by Gasteiger charge is 2.59. The number of hydrogen-bond donors (Lipinski definition) is 1. The molecule has 1 N–H and O–H groups in total. The Kier molecular flexibility index (Phi) is 8.17. The van der Waals surface area contributed by atoms with Gasteiger partial charge in [0.05, 0.1) is 23.6 Å². The largest absolute Gasteiger partial charge is 0.458 e. The number of carbonyl (C=O) groups excluding carboxylic acids is 3. The van der Waals surface area contributed by atoms with E-state index in [1.54, 1.807) is 53.1 Å². The highest BCUT2D eigenvalue weighted by Crippen LogP contribution is 2.53. The van der Waals surface area contributed by atoms with Crippen LogP contribution in [0, 0.1) is 31.1 Å². The molecular weight excluding hydrogens is 528 g/mol. The van der Waals surface area contributed by atoms with Crippen LogP contribution in [0.4, 0.5) is 0 Å². The third-order valence-corrected chi connectivity index (χ3v) is 8.90. The van der Waals surface area contributed by atoms with Crippen molar-refractivity contribution in [3.8, 4) is 6.07 Å². The maximum atomic E-state index is 14.4. The lowest BCUT2D eigenvalue weighted by Gasteiger charge is -2.36. The molecule has 2 saturated heterocycles. The molecular formula is C30H32N4O5S. The molecule has 9 nitrogen and oxygen atoms in total. The molecule has 0 aliphatic carbocycles. The lowest BCUT2D eigenvalue weighted by atomic mass is 9.78. The minimum Gasteiger partial charge on any atom is -0.458 e. The Balaban J connectivity index is 1.75. The van der Waals surface area contributed by atoms with Crippen LogP contribution in [-0.4, -0.2) is 73.3 Å². The lowest BCUT2D eigenvalue weighted by molar-refractivity contribution is -0.148. The molecule has 0 saturated carbocycles. The number of aryl methyl sites for hydroxylation is 2. The van der Waals surface area contributed by atoms with E-state index in [4.69, 9.17) is 9.15 Å². The predicted octanol–water partition coefficient (Wildman–Crippen LogP) is 3.44. The Hall–Kier alpha value is -3.78. The number of ketones is 1. The summed E-state index contributed by atoms with van der Waals surface area (Å²) in [6.45, 7) is 5.82. The molecule has 40 heavy (non-hydrogen) atoms. The average molecular weight is 561 g/mol. The van der Waals surface area contributed by atoms with Gasteiger partial charge in [0.15, 0.2) is 5.76 Å². The number of furan rings is 1. The monoisotopic (exact) mass is 560 g/mol. The number of Topliss-reactive ketones (excluding diaryl/α,β-unsaturated/α-hetero) is 1. The third-order valence-electron chi connectivity index (χ3n) is 7.78. The van der Waals surface area contributed by atoms with Crippen LogP contribution in [0.2, 0.25) is 0 Å². The van der Waals surface area contributed by atoms with E-state index in [2.05, 4.69) is 11.4 Å². The summed E-state index contributed by atoms with van der Waals surface area (Å²) in [6.07, 6.45) is 0. The minimum atomic E-state index is -0.927. The van der Waals surface area contributed by atoms with Crippen molar-refractivity contribution in [3.63, 3.8) is 0 Å². The number of hydrogen-bond acceptors (Lipinski definition) is 8. The van der Waals surface area contributed by atoms with E-state index in [0.29, 0.717) is 43.1 Å². The second kappa shape index (κ2) is 11.8. The molecule has 10 heteroatoms. The summed E-state index contributed by atoms with van der Waals surface area (Å²) in [5.41, 5.74) is 2.08. The van der Waals surface area contributed by atoms with Gasteiger partial charge in [-0.2, -0.15) is 5.26 Å². The van der Waals surface area contributed by atoms with Crippen LogP contribution in [0.3, 0.4) is 0 Å². The van der Waals surface area contributed by atoms with Gasteiger partial charge >= 0.3 is 0 Å². The maximum absolute atomic E-state index is 14.4. The van der Waals surface area contributed by atoms with E-state index in [1.807, 2.05) is 18.4 Å². The molecule has 0 radical (unpaired) electrons. The lowest BCUT2D eigenvalue weighted by Crippen LogP contribution is -2.55. The fourth-order valence-electron chi connectivity index (χ4n) is 5.96. The molecule has 0 bridgehead atoms. The van der Waals surface area contributed by atoms with Gasteiger partial charge in [-0.05, 0) is 60.7 Å². The molecule has 1 aromatic carbocycles. The van der Waals surface area contributed by atoms with E-state index in [0.717, 1.165) is 10.4 Å². The third kappa shape index (κ3) is 5.08. The number of piperazine rings is 1. The summed E-state index contributed by atoms with van der Waals surface area (Å²) in [7, 11) is 1.44. The van der Waals surface area contributed by atoms with Crippen molar-refractivity contribution in [2.24, 2.45) is 5.92 Å². The number of likely N-dealkylation sites (tertiary alicyclic amines) is 1. The van der Waals surface area contributed by atoms with Crippen molar-refractivity contribution in [2.45, 2.75) is 31.8 Å². The van der Waals surface area contributed by atoms with E-state index >= 15 is 0 Å². The van der Waals surface area contributed by atoms with Crippen molar-refractivity contribution in [2.75, 3.05) is 39.9 Å². The van der Waals surface area contributed by atoms with Gasteiger partial charge in [-0.1, -0.05) is 12.1 Å². The Morgan fingerprint density at radius 2 is 1.82 bits per heavy atom. The van der Waals surface area contributed by atoms with E-state index in [9.17, 15) is 19.6 Å². The van der Waals surface area contributed by atoms with Gasteiger partial charge in [0.1, 0.15) is 18.4 Å². The molecule has 4 atom stereocenters. The van der Waals surface area contributed by atoms with Crippen molar-refractivity contribution in [3.05, 3.63) is 80.9 Å².